The van der Waals surface area contributed by atoms with Gasteiger partial charge in [-0.25, -0.2) is 4.79 Å². The lowest BCUT2D eigenvalue weighted by Crippen LogP contribution is -2.03. The number of nitrogens with one attached hydrogen (secondary N) is 1. The predicted octanol–water partition coefficient (Wildman–Crippen LogP) is 4.16. The molecule has 0 aliphatic rings. The first kappa shape index (κ1) is 15.4. The van der Waals surface area contributed by atoms with Crippen LogP contribution in [0.25, 0.3) is 0 Å². The number of carbonyl (C=O) groups is 1. The molecule has 0 aromatic heterocycles. The van der Waals surface area contributed by atoms with Gasteiger partial charge in [0.2, 0.25) is 0 Å². The van der Waals surface area contributed by atoms with Crippen molar-refractivity contribution < 1.29 is 14.6 Å². The number of ether oxygens (including phenoxy) is 1. The summed E-state index contributed by atoms with van der Waals surface area (Å²) in [6.07, 6.45) is 0. The maximum atomic E-state index is 10.9. The Labute approximate surface area is 131 Å². The molecular formula is C16H16BrNO3. The molecule has 0 amide bonds. The average Bonchev–Trinajstić information content (AvgIpc) is 2.46. The minimum Gasteiger partial charge on any atom is -0.494 e. The first-order valence-electron chi connectivity index (χ1n) is 6.58. The molecule has 0 aliphatic heterocycles. The smallest absolute Gasteiger partial charge is 0.335 e. The van der Waals surface area contributed by atoms with E-state index in [1.54, 1.807) is 18.2 Å². The van der Waals surface area contributed by atoms with Gasteiger partial charge in [0.05, 0.1) is 12.2 Å². The molecule has 0 spiro atoms. The molecule has 21 heavy (non-hydrogen) atoms. The van der Waals surface area contributed by atoms with Crippen molar-refractivity contribution in [1.82, 2.24) is 0 Å². The molecule has 2 N–H and O–H groups in total. The van der Waals surface area contributed by atoms with E-state index in [-0.39, 0.29) is 5.56 Å². The summed E-state index contributed by atoms with van der Waals surface area (Å²) in [7, 11) is 0. The third-order valence-corrected chi connectivity index (χ3v) is 3.67. The van der Waals surface area contributed by atoms with Crippen molar-refractivity contribution in [2.45, 2.75) is 13.5 Å². The third kappa shape index (κ3) is 4.23. The first-order valence-corrected chi connectivity index (χ1v) is 7.38. The fourth-order valence-electron chi connectivity index (χ4n) is 1.88. The van der Waals surface area contributed by atoms with Crippen molar-refractivity contribution in [3.8, 4) is 5.75 Å². The number of halogens is 1. The zero-order chi connectivity index (χ0) is 15.2. The SMILES string of the molecule is CCOc1cccc(NCc2ccc(C(=O)O)cc2Br)c1. The van der Waals surface area contributed by atoms with Crippen molar-refractivity contribution in [3.63, 3.8) is 0 Å². The number of hydrogen-bond acceptors (Lipinski definition) is 3. The third-order valence-electron chi connectivity index (χ3n) is 2.93. The normalized spacial score (nSPS) is 10.2. The van der Waals surface area contributed by atoms with Gasteiger partial charge in [0.15, 0.2) is 0 Å². The summed E-state index contributed by atoms with van der Waals surface area (Å²) in [5, 5.41) is 12.2. The van der Waals surface area contributed by atoms with E-state index in [0.29, 0.717) is 13.2 Å². The van der Waals surface area contributed by atoms with Gasteiger partial charge in [0.1, 0.15) is 5.75 Å². The summed E-state index contributed by atoms with van der Waals surface area (Å²) in [5.74, 6) is -0.109. The molecule has 4 nitrogen and oxygen atoms in total. The average molecular weight is 350 g/mol. The maximum absolute atomic E-state index is 10.9. The van der Waals surface area contributed by atoms with E-state index in [2.05, 4.69) is 21.2 Å². The zero-order valence-electron chi connectivity index (χ0n) is 11.6. The molecule has 0 heterocycles. The zero-order valence-corrected chi connectivity index (χ0v) is 13.2. The van der Waals surface area contributed by atoms with Crippen molar-refractivity contribution in [1.29, 1.82) is 0 Å². The van der Waals surface area contributed by atoms with Crippen molar-refractivity contribution >= 4 is 27.6 Å². The fourth-order valence-corrected chi connectivity index (χ4v) is 2.40. The number of rotatable bonds is 6. The molecule has 0 saturated carbocycles. The Hall–Kier alpha value is -2.01. The quantitative estimate of drug-likeness (QED) is 0.821. The Morgan fingerprint density at radius 2 is 2.10 bits per heavy atom. The lowest BCUT2D eigenvalue weighted by molar-refractivity contribution is 0.0697. The topological polar surface area (TPSA) is 58.6 Å². The Bertz CT molecular complexity index is 643. The molecule has 0 atom stereocenters. The second kappa shape index (κ2) is 7.13. The summed E-state index contributed by atoms with van der Waals surface area (Å²) in [6.45, 7) is 3.17. The molecule has 2 aromatic rings. The van der Waals surface area contributed by atoms with E-state index in [9.17, 15) is 4.79 Å². The molecule has 0 fully saturated rings. The largest absolute Gasteiger partial charge is 0.494 e. The molecule has 2 rings (SSSR count). The number of carboxylic acids is 1. The van der Waals surface area contributed by atoms with Gasteiger partial charge >= 0.3 is 5.97 Å². The second-order valence-electron chi connectivity index (χ2n) is 4.43. The minimum atomic E-state index is -0.931. The number of carboxylic acid groups (broad SMARTS) is 1. The van der Waals surface area contributed by atoms with Crippen molar-refractivity contribution in [2.75, 3.05) is 11.9 Å². The summed E-state index contributed by atoms with van der Waals surface area (Å²) in [4.78, 5) is 10.9. The second-order valence-corrected chi connectivity index (χ2v) is 5.28. The highest BCUT2D eigenvalue weighted by Crippen LogP contribution is 2.22. The molecule has 0 bridgehead atoms. The Morgan fingerprint density at radius 1 is 1.29 bits per heavy atom. The van der Waals surface area contributed by atoms with Crippen LogP contribution in [0.15, 0.2) is 46.9 Å². The lowest BCUT2D eigenvalue weighted by Gasteiger charge is -2.10. The van der Waals surface area contributed by atoms with E-state index in [1.165, 1.54) is 0 Å². The van der Waals surface area contributed by atoms with Crippen LogP contribution in [-0.4, -0.2) is 17.7 Å². The van der Waals surface area contributed by atoms with Gasteiger partial charge in [-0.3, -0.25) is 0 Å². The number of hydrogen-bond donors (Lipinski definition) is 2. The Kier molecular flexibility index (Phi) is 5.22. The monoisotopic (exact) mass is 349 g/mol. The van der Waals surface area contributed by atoms with E-state index in [4.69, 9.17) is 9.84 Å². The van der Waals surface area contributed by atoms with E-state index in [1.807, 2.05) is 31.2 Å². The highest BCUT2D eigenvalue weighted by atomic mass is 79.9. The fraction of sp³-hybridized carbons (Fsp3) is 0.188. The van der Waals surface area contributed by atoms with Crippen LogP contribution in [0.2, 0.25) is 0 Å². The highest BCUT2D eigenvalue weighted by Gasteiger charge is 2.06. The number of benzene rings is 2. The van der Waals surface area contributed by atoms with Crippen molar-refractivity contribution in [3.05, 3.63) is 58.1 Å². The summed E-state index contributed by atoms with van der Waals surface area (Å²) >= 11 is 3.40. The van der Waals surface area contributed by atoms with Crippen LogP contribution in [0.4, 0.5) is 5.69 Å². The summed E-state index contributed by atoms with van der Waals surface area (Å²) in [6, 6.07) is 12.7. The summed E-state index contributed by atoms with van der Waals surface area (Å²) in [5.41, 5.74) is 2.21. The van der Waals surface area contributed by atoms with Gasteiger partial charge < -0.3 is 15.2 Å². The van der Waals surface area contributed by atoms with Gasteiger partial charge in [0, 0.05) is 22.8 Å². The van der Waals surface area contributed by atoms with Gasteiger partial charge in [-0.2, -0.15) is 0 Å². The van der Waals surface area contributed by atoms with Gasteiger partial charge in [-0.1, -0.05) is 28.1 Å². The molecule has 0 unspecified atom stereocenters. The van der Waals surface area contributed by atoms with Gasteiger partial charge in [0.25, 0.3) is 0 Å². The summed E-state index contributed by atoms with van der Waals surface area (Å²) < 4.78 is 6.22. The molecule has 0 saturated heterocycles. The van der Waals surface area contributed by atoms with Crippen LogP contribution in [-0.2, 0) is 6.54 Å². The maximum Gasteiger partial charge on any atom is 0.335 e. The number of aromatic carboxylic acids is 1. The lowest BCUT2D eigenvalue weighted by atomic mass is 10.1. The predicted molar refractivity (Wildman–Crippen MR) is 86.0 cm³/mol. The number of anilines is 1. The molecule has 0 aliphatic carbocycles. The molecule has 5 heteroatoms. The standard InChI is InChI=1S/C16H16BrNO3/c1-2-21-14-5-3-4-13(9-14)18-10-12-7-6-11(16(19)20)8-15(12)17/h3-9,18H,2,10H2,1H3,(H,19,20). The Morgan fingerprint density at radius 3 is 2.76 bits per heavy atom. The van der Waals surface area contributed by atoms with Crippen LogP contribution >= 0.6 is 15.9 Å². The molecule has 0 radical (unpaired) electrons. The molecular weight excluding hydrogens is 334 g/mol. The van der Waals surface area contributed by atoms with Crippen molar-refractivity contribution in [2.24, 2.45) is 0 Å². The molecule has 2 aromatic carbocycles. The van der Waals surface area contributed by atoms with Crippen LogP contribution in [0, 0.1) is 0 Å². The highest BCUT2D eigenvalue weighted by molar-refractivity contribution is 9.10. The minimum absolute atomic E-state index is 0.268. The van der Waals surface area contributed by atoms with Crippen LogP contribution in [0.5, 0.6) is 5.75 Å². The van der Waals surface area contributed by atoms with Gasteiger partial charge in [-0.15, -0.1) is 0 Å². The van der Waals surface area contributed by atoms with Crippen LogP contribution < -0.4 is 10.1 Å². The van der Waals surface area contributed by atoms with E-state index >= 15 is 0 Å². The van der Waals surface area contributed by atoms with E-state index < -0.39 is 5.97 Å². The van der Waals surface area contributed by atoms with E-state index in [0.717, 1.165) is 21.5 Å². The first-order chi connectivity index (χ1) is 10.1. The molecule has 110 valence electrons. The van der Waals surface area contributed by atoms with Crippen LogP contribution in [0.3, 0.4) is 0 Å². The Balaban J connectivity index is 2.06. The van der Waals surface area contributed by atoms with Crippen LogP contribution in [0.1, 0.15) is 22.8 Å². The van der Waals surface area contributed by atoms with Gasteiger partial charge in [-0.05, 0) is 36.8 Å².